The normalized spacial score (nSPS) is 33.1. The fourth-order valence-electron chi connectivity index (χ4n) is 4.00. The summed E-state index contributed by atoms with van der Waals surface area (Å²) in [7, 11) is 0. The predicted molar refractivity (Wildman–Crippen MR) is 70.5 cm³/mol. The third-order valence-corrected chi connectivity index (χ3v) is 5.33. The monoisotopic (exact) mass is 251 g/mol. The lowest BCUT2D eigenvalue weighted by Gasteiger charge is -2.40. The Morgan fingerprint density at radius 2 is 1.89 bits per heavy atom. The first-order valence-corrected chi connectivity index (χ1v) is 7.60. The van der Waals surface area contributed by atoms with Crippen molar-refractivity contribution in [2.45, 2.75) is 44.9 Å². The molecule has 1 atom stereocenters. The molecule has 2 aliphatic heterocycles. The van der Waals surface area contributed by atoms with Crippen molar-refractivity contribution < 1.29 is 9.53 Å². The van der Waals surface area contributed by atoms with Crippen LogP contribution in [0.5, 0.6) is 0 Å². The topological polar surface area (TPSA) is 29.5 Å². The SMILES string of the molecule is O=C1CCOCC1CN1CCC2(CCCC2)CC1. The first-order valence-electron chi connectivity index (χ1n) is 7.60. The number of carbonyl (C=O) groups excluding carboxylic acids is 1. The zero-order valence-corrected chi connectivity index (χ0v) is 11.3. The van der Waals surface area contributed by atoms with Gasteiger partial charge in [0.15, 0.2) is 0 Å². The lowest BCUT2D eigenvalue weighted by Crippen LogP contribution is -2.44. The first kappa shape index (κ1) is 12.6. The summed E-state index contributed by atoms with van der Waals surface area (Å²) in [5.74, 6) is 0.568. The molecule has 1 unspecified atom stereocenters. The van der Waals surface area contributed by atoms with Gasteiger partial charge in [-0.25, -0.2) is 0 Å². The predicted octanol–water partition coefficient (Wildman–Crippen LogP) is 2.25. The van der Waals surface area contributed by atoms with Crippen molar-refractivity contribution in [3.05, 3.63) is 0 Å². The van der Waals surface area contributed by atoms with Gasteiger partial charge in [-0.3, -0.25) is 4.79 Å². The van der Waals surface area contributed by atoms with E-state index in [1.807, 2.05) is 0 Å². The molecule has 3 rings (SSSR count). The number of hydrogen-bond donors (Lipinski definition) is 0. The molecule has 1 spiro atoms. The summed E-state index contributed by atoms with van der Waals surface area (Å²) in [5, 5.41) is 0. The zero-order valence-electron chi connectivity index (χ0n) is 11.3. The van der Waals surface area contributed by atoms with Crippen molar-refractivity contribution in [3.8, 4) is 0 Å². The van der Waals surface area contributed by atoms with Crippen molar-refractivity contribution in [2.75, 3.05) is 32.8 Å². The molecule has 3 nitrogen and oxygen atoms in total. The van der Waals surface area contributed by atoms with E-state index in [4.69, 9.17) is 4.74 Å². The van der Waals surface area contributed by atoms with Crippen LogP contribution >= 0.6 is 0 Å². The average molecular weight is 251 g/mol. The molecule has 0 radical (unpaired) electrons. The van der Waals surface area contributed by atoms with Crippen LogP contribution in [0.1, 0.15) is 44.9 Å². The highest BCUT2D eigenvalue weighted by molar-refractivity contribution is 5.82. The molecule has 2 saturated heterocycles. The molecular formula is C15H25NO2. The molecule has 3 fully saturated rings. The van der Waals surface area contributed by atoms with Gasteiger partial charge in [0.1, 0.15) is 5.78 Å². The van der Waals surface area contributed by atoms with Crippen LogP contribution in [-0.4, -0.2) is 43.5 Å². The molecule has 0 N–H and O–H groups in total. The number of ketones is 1. The molecule has 0 bridgehead atoms. The first-order chi connectivity index (χ1) is 8.77. The van der Waals surface area contributed by atoms with Crippen molar-refractivity contribution in [2.24, 2.45) is 11.3 Å². The molecule has 0 amide bonds. The van der Waals surface area contributed by atoms with E-state index in [0.717, 1.165) is 6.54 Å². The Labute approximate surface area is 110 Å². The molecule has 1 aliphatic carbocycles. The highest BCUT2D eigenvalue weighted by atomic mass is 16.5. The second-order valence-electron chi connectivity index (χ2n) is 6.50. The van der Waals surface area contributed by atoms with Crippen molar-refractivity contribution >= 4 is 5.78 Å². The van der Waals surface area contributed by atoms with Gasteiger partial charge in [-0.2, -0.15) is 0 Å². The molecule has 2 heterocycles. The summed E-state index contributed by atoms with van der Waals surface area (Å²) in [4.78, 5) is 14.3. The van der Waals surface area contributed by atoms with E-state index in [-0.39, 0.29) is 5.92 Å². The van der Waals surface area contributed by atoms with Gasteiger partial charge in [-0.05, 0) is 44.2 Å². The fraction of sp³-hybridized carbons (Fsp3) is 0.933. The summed E-state index contributed by atoms with van der Waals surface area (Å²) in [5.41, 5.74) is 0.684. The van der Waals surface area contributed by atoms with E-state index >= 15 is 0 Å². The quantitative estimate of drug-likeness (QED) is 0.754. The summed E-state index contributed by atoms with van der Waals surface area (Å²) >= 11 is 0. The Hall–Kier alpha value is -0.410. The molecule has 3 heteroatoms. The molecule has 18 heavy (non-hydrogen) atoms. The summed E-state index contributed by atoms with van der Waals surface area (Å²) < 4.78 is 5.44. The summed E-state index contributed by atoms with van der Waals surface area (Å²) in [6.45, 7) is 4.63. The number of rotatable bonds is 2. The van der Waals surface area contributed by atoms with Crippen molar-refractivity contribution in [1.82, 2.24) is 4.90 Å². The van der Waals surface area contributed by atoms with Gasteiger partial charge < -0.3 is 9.64 Å². The maximum atomic E-state index is 11.8. The van der Waals surface area contributed by atoms with Crippen LogP contribution in [-0.2, 0) is 9.53 Å². The Kier molecular flexibility index (Phi) is 3.71. The lowest BCUT2D eigenvalue weighted by molar-refractivity contribution is -0.131. The van der Waals surface area contributed by atoms with E-state index in [9.17, 15) is 4.79 Å². The van der Waals surface area contributed by atoms with Crippen LogP contribution in [0.4, 0.5) is 0 Å². The van der Waals surface area contributed by atoms with E-state index in [1.54, 1.807) is 0 Å². The van der Waals surface area contributed by atoms with Gasteiger partial charge in [0.05, 0.1) is 19.1 Å². The number of piperidine rings is 1. The number of ether oxygens (including phenoxy) is 1. The van der Waals surface area contributed by atoms with E-state index in [2.05, 4.69) is 4.90 Å². The number of hydrogen-bond acceptors (Lipinski definition) is 3. The Bertz CT molecular complexity index is 300. The van der Waals surface area contributed by atoms with Gasteiger partial charge >= 0.3 is 0 Å². The minimum Gasteiger partial charge on any atom is -0.380 e. The molecule has 1 saturated carbocycles. The maximum Gasteiger partial charge on any atom is 0.141 e. The van der Waals surface area contributed by atoms with E-state index in [0.29, 0.717) is 30.8 Å². The second kappa shape index (κ2) is 5.30. The van der Waals surface area contributed by atoms with Gasteiger partial charge in [0.25, 0.3) is 0 Å². The van der Waals surface area contributed by atoms with E-state index in [1.165, 1.54) is 51.6 Å². The summed E-state index contributed by atoms with van der Waals surface area (Å²) in [6.07, 6.45) is 9.12. The largest absolute Gasteiger partial charge is 0.380 e. The van der Waals surface area contributed by atoms with Crippen LogP contribution in [0.15, 0.2) is 0 Å². The molecule has 0 aromatic carbocycles. The molecule has 0 aromatic heterocycles. The summed E-state index contributed by atoms with van der Waals surface area (Å²) in [6, 6.07) is 0. The number of carbonyl (C=O) groups is 1. The van der Waals surface area contributed by atoms with Crippen LogP contribution < -0.4 is 0 Å². The fourth-order valence-corrected chi connectivity index (χ4v) is 4.00. The Balaban J connectivity index is 1.49. The molecule has 102 valence electrons. The third-order valence-electron chi connectivity index (χ3n) is 5.33. The van der Waals surface area contributed by atoms with Gasteiger partial charge in [0, 0.05) is 13.0 Å². The lowest BCUT2D eigenvalue weighted by atomic mass is 9.77. The number of nitrogens with zero attached hydrogens (tertiary/aromatic N) is 1. The van der Waals surface area contributed by atoms with Crippen LogP contribution in [0, 0.1) is 11.3 Å². The van der Waals surface area contributed by atoms with Crippen molar-refractivity contribution in [3.63, 3.8) is 0 Å². The standard InChI is InChI=1S/C15H25NO2/c17-14-3-10-18-12-13(14)11-16-8-6-15(7-9-16)4-1-2-5-15/h13H,1-12H2. The van der Waals surface area contributed by atoms with E-state index < -0.39 is 0 Å². The molecule has 3 aliphatic rings. The molecule has 0 aromatic rings. The second-order valence-corrected chi connectivity index (χ2v) is 6.50. The minimum absolute atomic E-state index is 0.149. The van der Waals surface area contributed by atoms with Gasteiger partial charge in [0.2, 0.25) is 0 Å². The number of Topliss-reactive ketones (excluding diaryl/α,β-unsaturated/α-hetero) is 1. The van der Waals surface area contributed by atoms with Crippen LogP contribution in [0.25, 0.3) is 0 Å². The highest BCUT2D eigenvalue weighted by Crippen LogP contribution is 2.46. The smallest absolute Gasteiger partial charge is 0.141 e. The average Bonchev–Trinajstić information content (AvgIpc) is 2.84. The van der Waals surface area contributed by atoms with Crippen molar-refractivity contribution in [1.29, 1.82) is 0 Å². The van der Waals surface area contributed by atoms with Crippen LogP contribution in [0.2, 0.25) is 0 Å². The zero-order chi connectivity index (χ0) is 12.4. The number of likely N-dealkylation sites (tertiary alicyclic amines) is 1. The minimum atomic E-state index is 0.149. The maximum absolute atomic E-state index is 11.8. The molecular weight excluding hydrogens is 226 g/mol. The Morgan fingerprint density at radius 1 is 1.17 bits per heavy atom. The Morgan fingerprint density at radius 3 is 2.56 bits per heavy atom. The third kappa shape index (κ3) is 2.62. The van der Waals surface area contributed by atoms with Gasteiger partial charge in [-0.1, -0.05) is 12.8 Å². The van der Waals surface area contributed by atoms with Crippen LogP contribution in [0.3, 0.4) is 0 Å². The van der Waals surface area contributed by atoms with Gasteiger partial charge in [-0.15, -0.1) is 0 Å². The highest BCUT2D eigenvalue weighted by Gasteiger charge is 2.37.